The van der Waals surface area contributed by atoms with Gasteiger partial charge in [0.2, 0.25) is 0 Å². The first-order valence-electron chi connectivity index (χ1n) is 12.3. The molecule has 8 heteroatoms. The van der Waals surface area contributed by atoms with Gasteiger partial charge in [0.05, 0.1) is 18.5 Å². The predicted molar refractivity (Wildman–Crippen MR) is 155 cm³/mol. The van der Waals surface area contributed by atoms with Gasteiger partial charge in [-0.2, -0.15) is 13.2 Å². The Labute approximate surface area is 233 Å². The topological polar surface area (TPSA) is 57.2 Å². The second-order valence-electron chi connectivity index (χ2n) is 8.85. The van der Waals surface area contributed by atoms with E-state index in [1.54, 1.807) is 0 Å². The zero-order valence-corrected chi connectivity index (χ0v) is 23.0. The normalized spacial score (nSPS) is 11.9. The molecule has 0 atom stereocenters. The molecule has 5 aromatic carbocycles. The monoisotopic (exact) mass is 578 g/mol. The SMILES string of the molecule is O=S(=O)([O-])C(F)(F)F.c1ccc([PH+](c2ccccc2)C(c2ccccc2)(c2ccccc2)c2ccccc2)cc1. The van der Waals surface area contributed by atoms with Gasteiger partial charge in [0.15, 0.2) is 15.3 Å². The van der Waals surface area contributed by atoms with Crippen molar-refractivity contribution < 1.29 is 26.1 Å². The van der Waals surface area contributed by atoms with Crippen molar-refractivity contribution in [3.63, 3.8) is 0 Å². The molecule has 0 amide bonds. The summed E-state index contributed by atoms with van der Waals surface area (Å²) < 4.78 is 58.9. The smallest absolute Gasteiger partial charge is 0.485 e. The Morgan fingerprint density at radius 3 is 0.925 bits per heavy atom. The summed E-state index contributed by atoms with van der Waals surface area (Å²) in [6.45, 7) is 0. The molecule has 0 spiro atoms. The van der Waals surface area contributed by atoms with Crippen molar-refractivity contribution in [2.45, 2.75) is 10.7 Å². The van der Waals surface area contributed by atoms with Crippen LogP contribution in [-0.2, 0) is 15.3 Å². The lowest BCUT2D eigenvalue weighted by Gasteiger charge is -2.37. The zero-order valence-electron chi connectivity index (χ0n) is 21.2. The van der Waals surface area contributed by atoms with E-state index in [9.17, 15) is 13.2 Å². The number of rotatable bonds is 6. The quantitative estimate of drug-likeness (QED) is 0.0954. The van der Waals surface area contributed by atoms with Crippen molar-refractivity contribution in [3.8, 4) is 0 Å². The fourth-order valence-corrected chi connectivity index (χ4v) is 8.42. The lowest BCUT2D eigenvalue weighted by Crippen LogP contribution is -2.35. The number of halogens is 3. The van der Waals surface area contributed by atoms with Crippen LogP contribution in [0.25, 0.3) is 0 Å². The Kier molecular flexibility index (Phi) is 9.21. The van der Waals surface area contributed by atoms with Crippen molar-refractivity contribution in [2.75, 3.05) is 0 Å². The fourth-order valence-electron chi connectivity index (χ4n) is 4.81. The molecule has 0 aromatic heterocycles. The zero-order chi connectivity index (χ0) is 28.6. The van der Waals surface area contributed by atoms with E-state index in [1.807, 2.05) is 0 Å². The average Bonchev–Trinajstić information content (AvgIpc) is 2.97. The van der Waals surface area contributed by atoms with Crippen LogP contribution < -0.4 is 10.6 Å². The molecule has 0 fully saturated rings. The van der Waals surface area contributed by atoms with Crippen LogP contribution in [0.15, 0.2) is 152 Å². The minimum absolute atomic E-state index is 0.294. The lowest BCUT2D eigenvalue weighted by atomic mass is 9.84. The van der Waals surface area contributed by atoms with Gasteiger partial charge in [-0.1, -0.05) is 127 Å². The van der Waals surface area contributed by atoms with E-state index < -0.39 is 23.5 Å². The molecule has 0 aliphatic rings. The van der Waals surface area contributed by atoms with Crippen molar-refractivity contribution in [2.24, 2.45) is 0 Å². The molecular formula is C32H26F3O3PS. The minimum Gasteiger partial charge on any atom is -0.741 e. The first-order chi connectivity index (χ1) is 19.2. The minimum atomic E-state index is -6.09. The van der Waals surface area contributed by atoms with Crippen molar-refractivity contribution in [1.29, 1.82) is 0 Å². The molecule has 0 radical (unpaired) electrons. The molecule has 0 saturated carbocycles. The Hall–Kier alpha value is -3.77. The second-order valence-corrected chi connectivity index (χ2v) is 12.9. The van der Waals surface area contributed by atoms with Crippen molar-refractivity contribution >= 4 is 28.6 Å². The van der Waals surface area contributed by atoms with Crippen molar-refractivity contribution in [3.05, 3.63) is 168 Å². The van der Waals surface area contributed by atoms with Crippen LogP contribution in [0.3, 0.4) is 0 Å². The third kappa shape index (κ3) is 6.34. The maximum Gasteiger partial charge on any atom is 0.485 e. The van der Waals surface area contributed by atoms with Gasteiger partial charge in [-0.05, 0) is 24.3 Å². The molecule has 0 saturated heterocycles. The maximum absolute atomic E-state index is 10.7. The van der Waals surface area contributed by atoms with E-state index in [1.165, 1.54) is 27.3 Å². The van der Waals surface area contributed by atoms with E-state index in [0.717, 1.165) is 0 Å². The van der Waals surface area contributed by atoms with Gasteiger partial charge in [0.25, 0.3) is 0 Å². The summed E-state index contributed by atoms with van der Waals surface area (Å²) in [7, 11) is -7.44. The molecule has 0 N–H and O–H groups in total. The summed E-state index contributed by atoms with van der Waals surface area (Å²) in [6.07, 6.45) is 0. The Morgan fingerprint density at radius 2 is 0.700 bits per heavy atom. The molecule has 0 bridgehead atoms. The molecule has 0 aliphatic heterocycles. The number of benzene rings is 5. The van der Waals surface area contributed by atoms with Crippen LogP contribution >= 0.6 is 7.92 Å². The van der Waals surface area contributed by atoms with Crippen LogP contribution in [0.4, 0.5) is 13.2 Å². The maximum atomic E-state index is 10.7. The van der Waals surface area contributed by atoms with Gasteiger partial charge in [-0.3, -0.25) is 0 Å². The first kappa shape index (κ1) is 29.2. The van der Waals surface area contributed by atoms with E-state index in [4.69, 9.17) is 13.0 Å². The summed E-state index contributed by atoms with van der Waals surface area (Å²) >= 11 is 0. The Balaban J connectivity index is 0.000000406. The number of alkyl halides is 3. The number of hydrogen-bond acceptors (Lipinski definition) is 3. The molecule has 204 valence electrons. The Bertz CT molecular complexity index is 1450. The summed E-state index contributed by atoms with van der Waals surface area (Å²) in [6, 6.07) is 55.4. The summed E-state index contributed by atoms with van der Waals surface area (Å²) in [5, 5.41) is 2.51. The van der Waals surface area contributed by atoms with Gasteiger partial charge in [0, 0.05) is 16.7 Å². The molecule has 0 unspecified atom stereocenters. The van der Waals surface area contributed by atoms with E-state index in [2.05, 4.69) is 152 Å². The van der Waals surface area contributed by atoms with Gasteiger partial charge in [0.1, 0.15) is 0 Å². The van der Waals surface area contributed by atoms with Gasteiger partial charge in [-0.15, -0.1) is 0 Å². The molecular weight excluding hydrogens is 552 g/mol. The van der Waals surface area contributed by atoms with Gasteiger partial charge in [-0.25, -0.2) is 8.42 Å². The van der Waals surface area contributed by atoms with Gasteiger partial charge >= 0.3 is 5.51 Å². The predicted octanol–water partition coefficient (Wildman–Crippen LogP) is 6.90. The van der Waals surface area contributed by atoms with Crippen LogP contribution in [0.2, 0.25) is 0 Å². The summed E-state index contributed by atoms with van der Waals surface area (Å²) in [4.78, 5) is 0. The fraction of sp³-hybridized carbons (Fsp3) is 0.0625. The van der Waals surface area contributed by atoms with E-state index in [-0.39, 0.29) is 5.16 Å². The van der Waals surface area contributed by atoms with Gasteiger partial charge < -0.3 is 4.55 Å². The lowest BCUT2D eigenvalue weighted by molar-refractivity contribution is -0.0517. The van der Waals surface area contributed by atoms with E-state index in [0.29, 0.717) is 0 Å². The van der Waals surface area contributed by atoms with Crippen LogP contribution in [0.5, 0.6) is 0 Å². The molecule has 40 heavy (non-hydrogen) atoms. The summed E-state index contributed by atoms with van der Waals surface area (Å²) in [5.41, 5.74) is -1.65. The van der Waals surface area contributed by atoms with E-state index >= 15 is 0 Å². The first-order valence-corrected chi connectivity index (χ1v) is 15.2. The highest BCUT2D eigenvalue weighted by atomic mass is 32.2. The molecule has 5 rings (SSSR count). The highest BCUT2D eigenvalue weighted by Crippen LogP contribution is 2.61. The third-order valence-electron chi connectivity index (χ3n) is 6.40. The summed E-state index contributed by atoms with van der Waals surface area (Å²) in [5.74, 6) is 0. The standard InChI is InChI=1S/C31H25P.CHF3O3S/c1-6-16-26(17-7-1)31(27-18-8-2-9-19-27,28-20-10-3-11-21-28)32(29-22-12-4-13-23-29)30-24-14-5-15-25-30;2-1(3,4)8(5,6)7/h1-25H;(H,5,6,7). The molecule has 0 heterocycles. The Morgan fingerprint density at radius 1 is 0.475 bits per heavy atom. The third-order valence-corrected chi connectivity index (χ3v) is 10.4. The number of hydrogen-bond donors (Lipinski definition) is 0. The average molecular weight is 579 g/mol. The van der Waals surface area contributed by atoms with Crippen LogP contribution in [-0.4, -0.2) is 18.5 Å². The second kappa shape index (κ2) is 12.6. The van der Waals surface area contributed by atoms with Crippen LogP contribution in [0, 0.1) is 0 Å². The highest BCUT2D eigenvalue weighted by Gasteiger charge is 2.52. The molecule has 3 nitrogen and oxygen atoms in total. The molecule has 5 aromatic rings. The van der Waals surface area contributed by atoms with Crippen molar-refractivity contribution in [1.82, 2.24) is 0 Å². The largest absolute Gasteiger partial charge is 0.741 e. The van der Waals surface area contributed by atoms with Crippen LogP contribution in [0.1, 0.15) is 16.7 Å². The molecule has 0 aliphatic carbocycles. The highest BCUT2D eigenvalue weighted by molar-refractivity contribution is 7.86.